The van der Waals surface area contributed by atoms with E-state index < -0.39 is 4.92 Å². The molecular formula is C22H22N4O4S. The number of nitro benzene ring substituents is 1. The molecule has 0 unspecified atom stereocenters. The maximum Gasteiger partial charge on any atom is 0.269 e. The third-order valence-corrected chi connectivity index (χ3v) is 6.12. The second kappa shape index (κ2) is 9.23. The highest BCUT2D eigenvalue weighted by Crippen LogP contribution is 2.30. The zero-order valence-electron chi connectivity index (χ0n) is 17.1. The van der Waals surface area contributed by atoms with Gasteiger partial charge < -0.3 is 14.5 Å². The Morgan fingerprint density at radius 3 is 2.77 bits per heavy atom. The predicted molar refractivity (Wildman–Crippen MR) is 121 cm³/mol. The Hall–Kier alpha value is -3.30. The maximum absolute atomic E-state index is 13.1. The van der Waals surface area contributed by atoms with E-state index in [-0.39, 0.29) is 18.1 Å². The zero-order chi connectivity index (χ0) is 21.8. The summed E-state index contributed by atoms with van der Waals surface area (Å²) in [7, 11) is 1.63. The van der Waals surface area contributed by atoms with Gasteiger partial charge in [0.1, 0.15) is 0 Å². The molecule has 8 nitrogen and oxygen atoms in total. The van der Waals surface area contributed by atoms with Gasteiger partial charge in [-0.1, -0.05) is 18.2 Å². The number of non-ortho nitro benzene ring substituents is 1. The van der Waals surface area contributed by atoms with Gasteiger partial charge >= 0.3 is 0 Å². The number of anilines is 2. The molecule has 2 aromatic carbocycles. The quantitative estimate of drug-likeness (QED) is 0.393. The molecule has 0 bridgehead atoms. The van der Waals surface area contributed by atoms with Crippen molar-refractivity contribution in [3.63, 3.8) is 0 Å². The number of aromatic nitrogens is 1. The van der Waals surface area contributed by atoms with Crippen molar-refractivity contribution >= 4 is 33.8 Å². The molecule has 0 saturated carbocycles. The van der Waals surface area contributed by atoms with E-state index in [4.69, 9.17) is 4.74 Å². The first-order valence-corrected chi connectivity index (χ1v) is 10.8. The van der Waals surface area contributed by atoms with Crippen LogP contribution < -0.4 is 9.80 Å². The number of rotatable bonds is 8. The lowest BCUT2D eigenvalue weighted by Crippen LogP contribution is -2.41. The van der Waals surface area contributed by atoms with E-state index in [0.717, 1.165) is 23.4 Å². The first-order chi connectivity index (χ1) is 15.1. The SMILES string of the molecule is COCCN(CC(=O)N1CCc2ccccc21)c1nc(-c2ccc([N+](=O)[O-])cc2)cs1. The molecule has 0 aliphatic carbocycles. The fourth-order valence-corrected chi connectivity index (χ4v) is 4.45. The molecule has 3 aromatic rings. The summed E-state index contributed by atoms with van der Waals surface area (Å²) < 4.78 is 5.23. The fraction of sp³-hybridized carbons (Fsp3) is 0.273. The van der Waals surface area contributed by atoms with Gasteiger partial charge in [0.05, 0.1) is 23.8 Å². The van der Waals surface area contributed by atoms with Crippen molar-refractivity contribution in [3.8, 4) is 11.3 Å². The van der Waals surface area contributed by atoms with Crippen LogP contribution in [0.3, 0.4) is 0 Å². The van der Waals surface area contributed by atoms with E-state index in [9.17, 15) is 14.9 Å². The Balaban J connectivity index is 1.52. The Morgan fingerprint density at radius 1 is 1.26 bits per heavy atom. The number of carbonyl (C=O) groups excluding carboxylic acids is 1. The fourth-order valence-electron chi connectivity index (χ4n) is 3.59. The molecule has 9 heteroatoms. The first kappa shape index (κ1) is 21.0. The Morgan fingerprint density at radius 2 is 2.03 bits per heavy atom. The van der Waals surface area contributed by atoms with E-state index in [1.807, 2.05) is 33.4 Å². The molecule has 160 valence electrons. The van der Waals surface area contributed by atoms with Crippen molar-refractivity contribution in [1.29, 1.82) is 0 Å². The van der Waals surface area contributed by atoms with Crippen LogP contribution in [-0.2, 0) is 16.0 Å². The van der Waals surface area contributed by atoms with E-state index in [0.29, 0.717) is 24.8 Å². The summed E-state index contributed by atoms with van der Waals surface area (Å²) in [4.78, 5) is 32.0. The van der Waals surface area contributed by atoms with Crippen LogP contribution in [0.4, 0.5) is 16.5 Å². The van der Waals surface area contributed by atoms with E-state index >= 15 is 0 Å². The summed E-state index contributed by atoms with van der Waals surface area (Å²) in [5, 5.41) is 13.5. The van der Waals surface area contributed by atoms with Crippen LogP contribution in [-0.4, -0.2) is 49.2 Å². The van der Waals surface area contributed by atoms with Gasteiger partial charge in [0.2, 0.25) is 5.91 Å². The van der Waals surface area contributed by atoms with Crippen molar-refractivity contribution in [2.75, 3.05) is 43.2 Å². The lowest BCUT2D eigenvalue weighted by Gasteiger charge is -2.25. The molecule has 0 saturated heterocycles. The van der Waals surface area contributed by atoms with Crippen LogP contribution in [0.15, 0.2) is 53.9 Å². The average molecular weight is 439 g/mol. The average Bonchev–Trinajstić information content (AvgIpc) is 3.44. The molecule has 1 aliphatic heterocycles. The highest BCUT2D eigenvalue weighted by molar-refractivity contribution is 7.14. The van der Waals surface area contributed by atoms with Gasteiger partial charge in [-0.15, -0.1) is 11.3 Å². The summed E-state index contributed by atoms with van der Waals surface area (Å²) in [6.07, 6.45) is 0.863. The van der Waals surface area contributed by atoms with Crippen molar-refractivity contribution in [1.82, 2.24) is 4.98 Å². The number of methoxy groups -OCH3 is 1. The smallest absolute Gasteiger partial charge is 0.269 e. The van der Waals surface area contributed by atoms with Gasteiger partial charge in [0.25, 0.3) is 5.69 Å². The third-order valence-electron chi connectivity index (χ3n) is 5.22. The van der Waals surface area contributed by atoms with Gasteiger partial charge in [0, 0.05) is 49.0 Å². The molecule has 1 aromatic heterocycles. The first-order valence-electron chi connectivity index (χ1n) is 9.89. The van der Waals surface area contributed by atoms with Crippen molar-refractivity contribution in [2.24, 2.45) is 0 Å². The van der Waals surface area contributed by atoms with Crippen LogP contribution in [0.25, 0.3) is 11.3 Å². The topological polar surface area (TPSA) is 88.8 Å². The van der Waals surface area contributed by atoms with Crippen LogP contribution in [0.1, 0.15) is 5.56 Å². The number of fused-ring (bicyclic) bond motifs is 1. The highest BCUT2D eigenvalue weighted by atomic mass is 32.1. The molecule has 1 aliphatic rings. The molecule has 1 amide bonds. The minimum Gasteiger partial charge on any atom is -0.383 e. The summed E-state index contributed by atoms with van der Waals surface area (Å²) >= 11 is 1.44. The van der Waals surface area contributed by atoms with Crippen molar-refractivity contribution < 1.29 is 14.5 Å². The number of carbonyl (C=O) groups is 1. The molecule has 0 atom stereocenters. The van der Waals surface area contributed by atoms with E-state index in [1.54, 1.807) is 19.2 Å². The lowest BCUT2D eigenvalue weighted by molar-refractivity contribution is -0.384. The van der Waals surface area contributed by atoms with Crippen LogP contribution in [0, 0.1) is 10.1 Å². The van der Waals surface area contributed by atoms with E-state index in [2.05, 4.69) is 11.1 Å². The predicted octanol–water partition coefficient (Wildman–Crippen LogP) is 3.76. The molecule has 0 spiro atoms. The normalized spacial score (nSPS) is 12.6. The Labute approximate surface area is 183 Å². The minimum absolute atomic E-state index is 0.0214. The molecule has 0 fully saturated rings. The van der Waals surface area contributed by atoms with Gasteiger partial charge in [-0.3, -0.25) is 14.9 Å². The lowest BCUT2D eigenvalue weighted by atomic mass is 10.1. The van der Waals surface area contributed by atoms with E-state index in [1.165, 1.54) is 29.0 Å². The Kier molecular flexibility index (Phi) is 6.24. The number of hydrogen-bond acceptors (Lipinski definition) is 7. The number of nitrogens with zero attached hydrogens (tertiary/aromatic N) is 4. The van der Waals surface area contributed by atoms with Crippen LogP contribution in [0.5, 0.6) is 0 Å². The molecule has 2 heterocycles. The van der Waals surface area contributed by atoms with Gasteiger partial charge in [0.15, 0.2) is 5.13 Å². The second-order valence-corrected chi connectivity index (χ2v) is 7.99. The number of ether oxygens (including phenoxy) is 1. The minimum atomic E-state index is -0.426. The number of amides is 1. The van der Waals surface area contributed by atoms with Gasteiger partial charge in [-0.25, -0.2) is 4.98 Å². The molecule has 31 heavy (non-hydrogen) atoms. The molecule has 0 N–H and O–H groups in total. The molecular weight excluding hydrogens is 416 g/mol. The summed E-state index contributed by atoms with van der Waals surface area (Å²) in [6, 6.07) is 14.3. The van der Waals surface area contributed by atoms with Gasteiger partial charge in [-0.2, -0.15) is 0 Å². The highest BCUT2D eigenvalue weighted by Gasteiger charge is 2.26. The monoisotopic (exact) mass is 438 g/mol. The maximum atomic E-state index is 13.1. The number of nitro groups is 1. The summed E-state index contributed by atoms with van der Waals surface area (Å²) in [6.45, 7) is 1.88. The Bertz CT molecular complexity index is 1080. The number of thiazole rings is 1. The standard InChI is InChI=1S/C22H22N4O4S/c1-30-13-12-24(14-21(27)25-11-10-17-4-2-3-5-20(17)25)22-23-19(15-31-22)16-6-8-18(9-7-16)26(28)29/h2-9,15H,10-14H2,1H3. The summed E-state index contributed by atoms with van der Waals surface area (Å²) in [5.41, 5.74) is 3.71. The number of benzene rings is 2. The third kappa shape index (κ3) is 4.57. The van der Waals surface area contributed by atoms with Gasteiger partial charge in [-0.05, 0) is 30.2 Å². The van der Waals surface area contributed by atoms with Crippen molar-refractivity contribution in [3.05, 3.63) is 69.6 Å². The van der Waals surface area contributed by atoms with Crippen molar-refractivity contribution in [2.45, 2.75) is 6.42 Å². The largest absolute Gasteiger partial charge is 0.383 e. The number of para-hydroxylation sites is 1. The zero-order valence-corrected chi connectivity index (χ0v) is 17.9. The molecule has 0 radical (unpaired) electrons. The molecule has 4 rings (SSSR count). The van der Waals surface area contributed by atoms with Crippen LogP contribution in [0.2, 0.25) is 0 Å². The number of hydrogen-bond donors (Lipinski definition) is 0. The second-order valence-electron chi connectivity index (χ2n) is 7.16. The van der Waals surface area contributed by atoms with Crippen LogP contribution >= 0.6 is 11.3 Å². The summed E-state index contributed by atoms with van der Waals surface area (Å²) in [5.74, 6) is 0.0214.